The second kappa shape index (κ2) is 11.8. The van der Waals surface area contributed by atoms with E-state index in [9.17, 15) is 9.59 Å². The van der Waals surface area contributed by atoms with Gasteiger partial charge in [-0.15, -0.1) is 0 Å². The maximum atomic E-state index is 12.0. The van der Waals surface area contributed by atoms with E-state index in [1.807, 2.05) is 19.9 Å². The van der Waals surface area contributed by atoms with Gasteiger partial charge in [0.2, 0.25) is 0 Å². The summed E-state index contributed by atoms with van der Waals surface area (Å²) in [5, 5.41) is 4.49. The summed E-state index contributed by atoms with van der Waals surface area (Å²) in [6, 6.07) is 6.91. The van der Waals surface area contributed by atoms with Crippen LogP contribution in [0.15, 0.2) is 34.5 Å². The van der Waals surface area contributed by atoms with Crippen LogP contribution >= 0.6 is 11.8 Å². The monoisotopic (exact) mass is 432 g/mol. The van der Waals surface area contributed by atoms with Crippen LogP contribution in [0.4, 0.5) is 0 Å². The number of hydrogen-bond donors (Lipinski definition) is 1. The van der Waals surface area contributed by atoms with Crippen LogP contribution in [0.5, 0.6) is 11.5 Å². The molecule has 0 saturated heterocycles. The standard InChI is InChI=1S/C20H24N4O5S/c1-5-28-19(26)11-29-16-7-6-15(9-17(16)27-4)10-21-24-18(25)12-30-20-22-13(2)8-14(3)23-20/h6-10H,5,11-12H2,1-4H3,(H,24,25)/b21-10-. The van der Waals surface area contributed by atoms with Crippen LogP contribution in [0.1, 0.15) is 23.9 Å². The van der Waals surface area contributed by atoms with Gasteiger partial charge in [0.15, 0.2) is 23.3 Å². The molecule has 0 bridgehead atoms. The molecular weight excluding hydrogens is 408 g/mol. The molecule has 0 unspecified atom stereocenters. The van der Waals surface area contributed by atoms with Gasteiger partial charge in [0.05, 0.1) is 25.7 Å². The number of carbonyl (C=O) groups excluding carboxylic acids is 2. The van der Waals surface area contributed by atoms with Crippen LogP contribution in [0.3, 0.4) is 0 Å². The molecule has 0 saturated carbocycles. The predicted octanol–water partition coefficient (Wildman–Crippen LogP) is 2.29. The number of carbonyl (C=O) groups is 2. The normalized spacial score (nSPS) is 10.7. The number of hydrogen-bond acceptors (Lipinski definition) is 9. The van der Waals surface area contributed by atoms with Crippen molar-refractivity contribution in [1.82, 2.24) is 15.4 Å². The Hall–Kier alpha value is -3.14. The lowest BCUT2D eigenvalue weighted by molar-refractivity contribution is -0.145. The predicted molar refractivity (Wildman–Crippen MR) is 113 cm³/mol. The first-order valence-electron chi connectivity index (χ1n) is 9.14. The number of thioether (sulfide) groups is 1. The van der Waals surface area contributed by atoms with Crippen molar-refractivity contribution in [1.29, 1.82) is 0 Å². The van der Waals surface area contributed by atoms with Gasteiger partial charge in [-0.2, -0.15) is 5.10 Å². The maximum Gasteiger partial charge on any atom is 0.344 e. The number of aromatic nitrogens is 2. The molecule has 0 radical (unpaired) electrons. The van der Waals surface area contributed by atoms with Gasteiger partial charge in [-0.1, -0.05) is 11.8 Å². The molecule has 1 heterocycles. The Labute approximate surface area is 179 Å². The molecule has 0 aliphatic rings. The summed E-state index contributed by atoms with van der Waals surface area (Å²) in [5.74, 6) is 0.232. The van der Waals surface area contributed by atoms with E-state index in [0.717, 1.165) is 11.4 Å². The van der Waals surface area contributed by atoms with Crippen LogP contribution in [0, 0.1) is 13.8 Å². The summed E-state index contributed by atoms with van der Waals surface area (Å²) >= 11 is 1.24. The number of amides is 1. The highest BCUT2D eigenvalue weighted by Gasteiger charge is 2.09. The van der Waals surface area contributed by atoms with Crippen molar-refractivity contribution in [2.24, 2.45) is 5.10 Å². The lowest BCUT2D eigenvalue weighted by Crippen LogP contribution is -2.19. The molecule has 9 nitrogen and oxygen atoms in total. The van der Waals surface area contributed by atoms with Gasteiger partial charge in [-0.3, -0.25) is 4.79 Å². The van der Waals surface area contributed by atoms with E-state index in [1.165, 1.54) is 25.1 Å². The average molecular weight is 433 g/mol. The largest absolute Gasteiger partial charge is 0.493 e. The SMILES string of the molecule is CCOC(=O)COc1ccc(/C=N\NC(=O)CSc2nc(C)cc(C)n2)cc1OC. The molecule has 0 aliphatic carbocycles. The highest BCUT2D eigenvalue weighted by molar-refractivity contribution is 7.99. The van der Waals surface area contributed by atoms with Crippen LogP contribution in [0.2, 0.25) is 0 Å². The lowest BCUT2D eigenvalue weighted by Gasteiger charge is -2.10. The number of ether oxygens (including phenoxy) is 3. The van der Waals surface area contributed by atoms with Gasteiger partial charge in [-0.05, 0) is 50.6 Å². The topological polar surface area (TPSA) is 112 Å². The zero-order valence-electron chi connectivity index (χ0n) is 17.3. The van der Waals surface area contributed by atoms with Gasteiger partial charge in [0, 0.05) is 11.4 Å². The molecule has 0 fully saturated rings. The third kappa shape index (κ3) is 7.70. The van der Waals surface area contributed by atoms with E-state index in [0.29, 0.717) is 22.2 Å². The summed E-state index contributed by atoms with van der Waals surface area (Å²) in [5.41, 5.74) is 4.85. The van der Waals surface area contributed by atoms with Crippen LogP contribution in [0.25, 0.3) is 0 Å². The van der Waals surface area contributed by atoms with E-state index in [2.05, 4.69) is 20.5 Å². The zero-order chi connectivity index (χ0) is 21.9. The van der Waals surface area contributed by atoms with Gasteiger partial charge in [0.1, 0.15) is 0 Å². The second-order valence-corrected chi connectivity index (χ2v) is 6.96. The molecule has 30 heavy (non-hydrogen) atoms. The maximum absolute atomic E-state index is 12.0. The molecule has 1 N–H and O–H groups in total. The van der Waals surface area contributed by atoms with E-state index in [-0.39, 0.29) is 24.9 Å². The average Bonchev–Trinajstić information content (AvgIpc) is 2.70. The zero-order valence-corrected chi connectivity index (χ0v) is 18.1. The molecule has 160 valence electrons. The van der Waals surface area contributed by atoms with Crippen molar-refractivity contribution in [2.75, 3.05) is 26.1 Å². The molecule has 0 atom stereocenters. The number of aryl methyl sites for hydroxylation is 2. The Morgan fingerprint density at radius 3 is 2.57 bits per heavy atom. The fourth-order valence-electron chi connectivity index (χ4n) is 2.32. The van der Waals surface area contributed by atoms with Crippen molar-refractivity contribution in [2.45, 2.75) is 25.9 Å². The molecule has 0 aliphatic heterocycles. The highest BCUT2D eigenvalue weighted by Crippen LogP contribution is 2.27. The number of methoxy groups -OCH3 is 1. The van der Waals surface area contributed by atoms with Crippen LogP contribution in [-0.2, 0) is 14.3 Å². The molecule has 1 amide bonds. The molecule has 2 rings (SSSR count). The Kier molecular flexibility index (Phi) is 9.07. The van der Waals surface area contributed by atoms with E-state index < -0.39 is 5.97 Å². The van der Waals surface area contributed by atoms with Crippen molar-refractivity contribution >= 4 is 29.9 Å². The van der Waals surface area contributed by atoms with Crippen molar-refractivity contribution in [3.8, 4) is 11.5 Å². The lowest BCUT2D eigenvalue weighted by atomic mass is 10.2. The fraction of sp³-hybridized carbons (Fsp3) is 0.350. The number of nitrogens with one attached hydrogen (secondary N) is 1. The van der Waals surface area contributed by atoms with Gasteiger partial charge in [0.25, 0.3) is 5.91 Å². The van der Waals surface area contributed by atoms with Gasteiger partial charge < -0.3 is 14.2 Å². The number of nitrogens with zero attached hydrogens (tertiary/aromatic N) is 3. The second-order valence-electron chi connectivity index (χ2n) is 6.02. The minimum atomic E-state index is -0.461. The summed E-state index contributed by atoms with van der Waals surface area (Å²) < 4.78 is 15.5. The van der Waals surface area contributed by atoms with E-state index in [1.54, 1.807) is 25.1 Å². The Bertz CT molecular complexity index is 900. The molecule has 0 spiro atoms. The van der Waals surface area contributed by atoms with E-state index in [4.69, 9.17) is 14.2 Å². The summed E-state index contributed by atoms with van der Waals surface area (Å²) in [7, 11) is 1.49. The van der Waals surface area contributed by atoms with Crippen LogP contribution < -0.4 is 14.9 Å². The molecule has 2 aromatic rings. The van der Waals surface area contributed by atoms with E-state index >= 15 is 0 Å². The third-order valence-corrected chi connectivity index (χ3v) is 4.38. The Morgan fingerprint density at radius 1 is 1.17 bits per heavy atom. The summed E-state index contributed by atoms with van der Waals surface area (Å²) in [4.78, 5) is 31.9. The van der Waals surface area contributed by atoms with Gasteiger partial charge >= 0.3 is 5.97 Å². The Balaban J connectivity index is 1.87. The number of esters is 1. The fourth-order valence-corrected chi connectivity index (χ4v) is 3.06. The number of rotatable bonds is 10. The van der Waals surface area contributed by atoms with Gasteiger partial charge in [-0.25, -0.2) is 20.2 Å². The quantitative estimate of drug-likeness (QED) is 0.200. The Morgan fingerprint density at radius 2 is 1.90 bits per heavy atom. The minimum Gasteiger partial charge on any atom is -0.493 e. The smallest absolute Gasteiger partial charge is 0.344 e. The molecular formula is C20H24N4O5S. The first-order chi connectivity index (χ1) is 14.4. The number of benzene rings is 1. The molecule has 1 aromatic carbocycles. The van der Waals surface area contributed by atoms with Crippen LogP contribution in [-0.4, -0.2) is 54.1 Å². The first kappa shape index (κ1) is 23.1. The number of hydrazone groups is 1. The summed E-state index contributed by atoms with van der Waals surface area (Å²) in [6.45, 7) is 5.56. The first-order valence-corrected chi connectivity index (χ1v) is 10.1. The third-order valence-electron chi connectivity index (χ3n) is 3.54. The minimum absolute atomic E-state index is 0.143. The van der Waals surface area contributed by atoms with Crippen molar-refractivity contribution < 1.29 is 23.8 Å². The molecule has 1 aromatic heterocycles. The van der Waals surface area contributed by atoms with Crippen molar-refractivity contribution in [3.05, 3.63) is 41.2 Å². The van der Waals surface area contributed by atoms with Crippen molar-refractivity contribution in [3.63, 3.8) is 0 Å². The summed E-state index contributed by atoms with van der Waals surface area (Å²) in [6.07, 6.45) is 1.48. The molecule has 10 heteroatoms. The highest BCUT2D eigenvalue weighted by atomic mass is 32.2.